The molecule has 0 aliphatic carbocycles. The number of anilines is 2. The molecule has 1 unspecified atom stereocenters. The zero-order valence-corrected chi connectivity index (χ0v) is 21.2. The van der Waals surface area contributed by atoms with Gasteiger partial charge in [-0.1, -0.05) is 42.5 Å². The van der Waals surface area contributed by atoms with E-state index in [-0.39, 0.29) is 11.8 Å². The molecule has 4 heterocycles. The second-order valence-electron chi connectivity index (χ2n) is 10.1. The first-order chi connectivity index (χ1) is 18.2. The molecule has 0 saturated carbocycles. The smallest absolute Gasteiger partial charge is 0.229 e. The van der Waals surface area contributed by atoms with E-state index < -0.39 is 0 Å². The van der Waals surface area contributed by atoms with Gasteiger partial charge in [-0.3, -0.25) is 4.79 Å². The van der Waals surface area contributed by atoms with E-state index in [1.807, 2.05) is 48.5 Å². The number of para-hydroxylation sites is 1. The molecule has 37 heavy (non-hydrogen) atoms. The number of carbonyl (C=O) groups is 1. The van der Waals surface area contributed by atoms with Gasteiger partial charge < -0.3 is 14.8 Å². The Morgan fingerprint density at radius 3 is 2.54 bits per heavy atom. The fourth-order valence-corrected chi connectivity index (χ4v) is 5.49. The van der Waals surface area contributed by atoms with Crippen molar-refractivity contribution in [1.82, 2.24) is 19.7 Å². The Kier molecular flexibility index (Phi) is 6.43. The molecule has 2 aromatic heterocycles. The van der Waals surface area contributed by atoms with E-state index in [0.717, 1.165) is 72.2 Å². The fraction of sp³-hybridized carbons (Fsp3) is 0.333. The number of hydrogen-bond acceptors (Lipinski definition) is 5. The highest BCUT2D eigenvalue weighted by atomic mass is 16.1. The van der Waals surface area contributed by atoms with Crippen molar-refractivity contribution >= 4 is 17.4 Å². The number of aryl methyl sites for hydroxylation is 3. The van der Waals surface area contributed by atoms with Crippen LogP contribution in [0.2, 0.25) is 0 Å². The maximum atomic E-state index is 13.4. The minimum absolute atomic E-state index is 0.0469. The van der Waals surface area contributed by atoms with Gasteiger partial charge in [0.15, 0.2) is 5.82 Å². The number of carbonyl (C=O) groups excluding carboxylic acids is 1. The maximum Gasteiger partial charge on any atom is 0.229 e. The number of piperidine rings is 1. The molecule has 7 nitrogen and oxygen atoms in total. The molecular formula is C30H32N6O. The summed E-state index contributed by atoms with van der Waals surface area (Å²) in [4.78, 5) is 20.5. The van der Waals surface area contributed by atoms with E-state index in [1.54, 1.807) is 0 Å². The molecule has 0 radical (unpaired) electrons. The summed E-state index contributed by atoms with van der Waals surface area (Å²) in [7, 11) is 0. The fourth-order valence-electron chi connectivity index (χ4n) is 5.49. The van der Waals surface area contributed by atoms with Crippen LogP contribution in [0.1, 0.15) is 37.1 Å². The molecule has 1 fully saturated rings. The number of nitrogens with zero attached hydrogens (tertiary/aromatic N) is 5. The third kappa shape index (κ3) is 4.86. The van der Waals surface area contributed by atoms with Crippen molar-refractivity contribution in [1.29, 1.82) is 0 Å². The van der Waals surface area contributed by atoms with Crippen LogP contribution in [-0.4, -0.2) is 38.7 Å². The number of nitrogens with one attached hydrogen (secondary N) is 1. The van der Waals surface area contributed by atoms with Gasteiger partial charge in [-0.25, -0.2) is 4.98 Å². The first-order valence-corrected chi connectivity index (χ1v) is 13.3. The predicted octanol–water partition coefficient (Wildman–Crippen LogP) is 5.51. The Hall–Kier alpha value is -4.00. The van der Waals surface area contributed by atoms with Crippen LogP contribution in [0.25, 0.3) is 22.5 Å². The topological polar surface area (TPSA) is 75.9 Å². The second-order valence-corrected chi connectivity index (χ2v) is 10.1. The Labute approximate surface area is 217 Å². The average Bonchev–Trinajstić information content (AvgIpc) is 3.38. The number of hydrogen-bond donors (Lipinski definition) is 1. The van der Waals surface area contributed by atoms with E-state index in [2.05, 4.69) is 50.2 Å². The van der Waals surface area contributed by atoms with Crippen molar-refractivity contribution in [3.8, 4) is 22.5 Å². The highest BCUT2D eigenvalue weighted by Crippen LogP contribution is 2.30. The Morgan fingerprint density at radius 2 is 1.73 bits per heavy atom. The quantitative estimate of drug-likeness (QED) is 0.398. The summed E-state index contributed by atoms with van der Waals surface area (Å²) in [5.74, 6) is 1.89. The minimum Gasteiger partial charge on any atom is -0.354 e. The molecule has 6 rings (SSSR count). The number of aromatic nitrogens is 4. The lowest BCUT2D eigenvalue weighted by Crippen LogP contribution is -2.41. The Morgan fingerprint density at radius 1 is 0.892 bits per heavy atom. The molecule has 1 atom stereocenters. The van der Waals surface area contributed by atoms with Gasteiger partial charge in [-0.2, -0.15) is 0 Å². The summed E-state index contributed by atoms with van der Waals surface area (Å²) in [6.07, 6.45) is 7.32. The van der Waals surface area contributed by atoms with Crippen LogP contribution >= 0.6 is 0 Å². The molecule has 4 aromatic rings. The monoisotopic (exact) mass is 492 g/mol. The highest BCUT2D eigenvalue weighted by Gasteiger charge is 2.27. The number of rotatable bonds is 5. The molecule has 2 aliphatic heterocycles. The standard InChI is InChI=1S/C30H32N6O/c1-21-9-2-3-11-23(21)26-15-16-29(34-33-26)35-18-8-10-22(19-35)30(37)32-25-13-5-4-12-24(25)27-20-36-17-7-6-14-28(36)31-27/h2-5,9,11-13,15-16,20,22H,6-8,10,14,17-19H2,1H3,(H,32,37). The summed E-state index contributed by atoms with van der Waals surface area (Å²) >= 11 is 0. The van der Waals surface area contributed by atoms with Gasteiger partial charge in [-0.05, 0) is 56.4 Å². The van der Waals surface area contributed by atoms with E-state index in [1.165, 1.54) is 18.4 Å². The number of imidazole rings is 1. The summed E-state index contributed by atoms with van der Waals surface area (Å²) < 4.78 is 2.25. The van der Waals surface area contributed by atoms with Crippen molar-refractivity contribution < 1.29 is 4.79 Å². The van der Waals surface area contributed by atoms with Crippen LogP contribution in [0.15, 0.2) is 66.9 Å². The molecule has 1 saturated heterocycles. The molecule has 7 heteroatoms. The lowest BCUT2D eigenvalue weighted by atomic mass is 9.96. The van der Waals surface area contributed by atoms with Gasteiger partial charge >= 0.3 is 0 Å². The van der Waals surface area contributed by atoms with Gasteiger partial charge in [0.25, 0.3) is 0 Å². The van der Waals surface area contributed by atoms with Gasteiger partial charge in [0, 0.05) is 43.4 Å². The molecular weight excluding hydrogens is 460 g/mol. The van der Waals surface area contributed by atoms with E-state index in [9.17, 15) is 4.79 Å². The molecule has 2 aliphatic rings. The van der Waals surface area contributed by atoms with E-state index in [0.29, 0.717) is 6.54 Å². The first-order valence-electron chi connectivity index (χ1n) is 13.3. The van der Waals surface area contributed by atoms with Crippen LogP contribution in [-0.2, 0) is 17.8 Å². The lowest BCUT2D eigenvalue weighted by Gasteiger charge is -2.32. The summed E-state index contributed by atoms with van der Waals surface area (Å²) in [5.41, 5.74) is 5.86. The van der Waals surface area contributed by atoms with Crippen LogP contribution in [0.3, 0.4) is 0 Å². The molecule has 0 bridgehead atoms. The summed E-state index contributed by atoms with van der Waals surface area (Å²) in [6.45, 7) is 4.60. The zero-order chi connectivity index (χ0) is 25.2. The second kappa shape index (κ2) is 10.2. The zero-order valence-electron chi connectivity index (χ0n) is 21.2. The maximum absolute atomic E-state index is 13.4. The van der Waals surface area contributed by atoms with Crippen LogP contribution < -0.4 is 10.2 Å². The van der Waals surface area contributed by atoms with Crippen LogP contribution in [0, 0.1) is 12.8 Å². The van der Waals surface area contributed by atoms with E-state index in [4.69, 9.17) is 4.98 Å². The number of amides is 1. The summed E-state index contributed by atoms with van der Waals surface area (Å²) in [6, 6.07) is 20.2. The average molecular weight is 493 g/mol. The Balaban J connectivity index is 1.16. The van der Waals surface area contributed by atoms with Crippen molar-refractivity contribution in [3.63, 3.8) is 0 Å². The third-order valence-electron chi connectivity index (χ3n) is 7.56. The molecule has 2 aromatic carbocycles. The number of fused-ring (bicyclic) bond motifs is 1. The predicted molar refractivity (Wildman–Crippen MR) is 146 cm³/mol. The number of benzene rings is 2. The van der Waals surface area contributed by atoms with Crippen LogP contribution in [0.5, 0.6) is 0 Å². The van der Waals surface area contributed by atoms with Gasteiger partial charge in [0.1, 0.15) is 5.82 Å². The first kappa shape index (κ1) is 23.4. The largest absolute Gasteiger partial charge is 0.354 e. The SMILES string of the molecule is Cc1ccccc1-c1ccc(N2CCCC(C(=O)Nc3ccccc3-c3cn4c(n3)CCCC4)C2)nn1. The van der Waals surface area contributed by atoms with Gasteiger partial charge in [0.05, 0.1) is 23.0 Å². The van der Waals surface area contributed by atoms with Crippen molar-refractivity contribution in [2.75, 3.05) is 23.3 Å². The van der Waals surface area contributed by atoms with E-state index >= 15 is 0 Å². The minimum atomic E-state index is -0.116. The third-order valence-corrected chi connectivity index (χ3v) is 7.56. The summed E-state index contributed by atoms with van der Waals surface area (Å²) in [5, 5.41) is 12.2. The van der Waals surface area contributed by atoms with Crippen molar-refractivity contribution in [2.45, 2.75) is 45.6 Å². The van der Waals surface area contributed by atoms with Crippen LogP contribution in [0.4, 0.5) is 11.5 Å². The molecule has 0 spiro atoms. The van der Waals surface area contributed by atoms with Crippen molar-refractivity contribution in [2.24, 2.45) is 5.92 Å². The normalized spacial score (nSPS) is 17.3. The van der Waals surface area contributed by atoms with Gasteiger partial charge in [-0.15, -0.1) is 10.2 Å². The molecule has 1 amide bonds. The lowest BCUT2D eigenvalue weighted by molar-refractivity contribution is -0.120. The van der Waals surface area contributed by atoms with Crippen molar-refractivity contribution in [3.05, 3.63) is 78.2 Å². The molecule has 188 valence electrons. The highest BCUT2D eigenvalue weighted by molar-refractivity contribution is 5.96. The van der Waals surface area contributed by atoms with Gasteiger partial charge in [0.2, 0.25) is 5.91 Å². The Bertz CT molecular complexity index is 1390. The molecule has 1 N–H and O–H groups in total.